The number of rotatable bonds is 3. The van der Waals surface area contributed by atoms with E-state index in [2.05, 4.69) is 19.8 Å². The molecule has 1 fully saturated rings. The number of H-pyrrole nitrogens is 1. The van der Waals surface area contributed by atoms with Crippen LogP contribution in [0.3, 0.4) is 0 Å². The monoisotopic (exact) mass is 293 g/mol. The second kappa shape index (κ2) is 5.68. The molecule has 0 spiro atoms. The lowest BCUT2D eigenvalue weighted by Gasteiger charge is -2.34. The number of aromatic nitrogens is 4. The average Bonchev–Trinajstić information content (AvgIpc) is 3.17. The highest BCUT2D eigenvalue weighted by atomic mass is 32.1. The van der Waals surface area contributed by atoms with Crippen molar-refractivity contribution in [3.63, 3.8) is 0 Å². The zero-order valence-electron chi connectivity index (χ0n) is 11.1. The van der Waals surface area contributed by atoms with E-state index in [1.54, 1.807) is 6.20 Å². The van der Waals surface area contributed by atoms with Crippen LogP contribution in [0.15, 0.2) is 12.3 Å². The van der Waals surface area contributed by atoms with Crippen molar-refractivity contribution in [1.29, 1.82) is 0 Å². The second-order valence-electron chi connectivity index (χ2n) is 4.50. The third-order valence-electron chi connectivity index (χ3n) is 3.36. The molecule has 1 aliphatic rings. The molecule has 0 radical (unpaired) electrons. The van der Waals surface area contributed by atoms with Gasteiger partial charge in [0.15, 0.2) is 0 Å². The van der Waals surface area contributed by atoms with Crippen LogP contribution in [0.25, 0.3) is 0 Å². The molecule has 7 nitrogen and oxygen atoms in total. The molecule has 0 bridgehead atoms. The van der Waals surface area contributed by atoms with Crippen LogP contribution in [0.2, 0.25) is 0 Å². The molecule has 106 valence electrons. The molecule has 0 saturated carbocycles. The fourth-order valence-corrected chi connectivity index (χ4v) is 3.00. The van der Waals surface area contributed by atoms with Crippen LogP contribution >= 0.6 is 11.5 Å². The largest absolute Gasteiger partial charge is 0.377 e. The first-order chi connectivity index (χ1) is 9.81. The number of aromatic amines is 1. The summed E-state index contributed by atoms with van der Waals surface area (Å²) in [5.74, 6) is -0.0280. The summed E-state index contributed by atoms with van der Waals surface area (Å²) in [7, 11) is 0. The van der Waals surface area contributed by atoms with E-state index in [1.165, 1.54) is 0 Å². The molecule has 3 heterocycles. The standard InChI is InChI=1S/C12H15N5O2S/c1-2-8-11(20-16-15-8)12(18)17-5-6-19-7-10(17)9-3-4-13-14-9/h3-4,10H,2,5-7H2,1H3,(H,13,14)/t10-/m1/s1. The lowest BCUT2D eigenvalue weighted by Crippen LogP contribution is -2.43. The van der Waals surface area contributed by atoms with Gasteiger partial charge in [-0.1, -0.05) is 11.4 Å². The second-order valence-corrected chi connectivity index (χ2v) is 5.26. The van der Waals surface area contributed by atoms with Gasteiger partial charge < -0.3 is 9.64 Å². The van der Waals surface area contributed by atoms with E-state index in [4.69, 9.17) is 4.74 Å². The molecule has 3 rings (SSSR count). The van der Waals surface area contributed by atoms with Gasteiger partial charge in [0.1, 0.15) is 4.88 Å². The maximum absolute atomic E-state index is 12.7. The fourth-order valence-electron chi connectivity index (χ4n) is 2.29. The Bertz CT molecular complexity index is 582. The normalized spacial score (nSPS) is 19.2. The first kappa shape index (κ1) is 13.2. The Labute approximate surface area is 120 Å². The minimum absolute atomic E-state index is 0.0280. The SMILES string of the molecule is CCc1nnsc1C(=O)N1CCOC[C@@H]1c1ccn[nH]1. The van der Waals surface area contributed by atoms with Gasteiger partial charge in [-0.05, 0) is 24.0 Å². The maximum atomic E-state index is 12.7. The zero-order valence-corrected chi connectivity index (χ0v) is 11.9. The Balaban J connectivity index is 1.88. The molecule has 2 aromatic rings. The number of carbonyl (C=O) groups is 1. The van der Waals surface area contributed by atoms with Crippen molar-refractivity contribution in [3.8, 4) is 0 Å². The van der Waals surface area contributed by atoms with Gasteiger partial charge in [0, 0.05) is 12.7 Å². The van der Waals surface area contributed by atoms with Crippen molar-refractivity contribution in [1.82, 2.24) is 24.7 Å². The van der Waals surface area contributed by atoms with Gasteiger partial charge in [0.05, 0.1) is 30.6 Å². The third kappa shape index (κ3) is 2.32. The number of aryl methyl sites for hydroxylation is 1. The van der Waals surface area contributed by atoms with Gasteiger partial charge in [-0.15, -0.1) is 5.10 Å². The molecular formula is C12H15N5O2S. The van der Waals surface area contributed by atoms with Crippen LogP contribution in [0, 0.1) is 0 Å². The summed E-state index contributed by atoms with van der Waals surface area (Å²) in [4.78, 5) is 15.1. The zero-order chi connectivity index (χ0) is 13.9. The molecule has 1 aliphatic heterocycles. The molecule has 0 aliphatic carbocycles. The molecular weight excluding hydrogens is 278 g/mol. The molecule has 1 amide bonds. The van der Waals surface area contributed by atoms with Crippen LogP contribution in [-0.2, 0) is 11.2 Å². The highest BCUT2D eigenvalue weighted by Gasteiger charge is 2.32. The van der Waals surface area contributed by atoms with Crippen molar-refractivity contribution in [2.24, 2.45) is 0 Å². The van der Waals surface area contributed by atoms with E-state index in [0.717, 1.165) is 22.9 Å². The summed E-state index contributed by atoms with van der Waals surface area (Å²) >= 11 is 1.16. The number of carbonyl (C=O) groups excluding carboxylic acids is 1. The Hall–Kier alpha value is -1.80. The van der Waals surface area contributed by atoms with Crippen LogP contribution in [0.4, 0.5) is 0 Å². The molecule has 8 heteroatoms. The number of nitrogens with one attached hydrogen (secondary N) is 1. The predicted molar refractivity (Wildman–Crippen MR) is 72.5 cm³/mol. The van der Waals surface area contributed by atoms with Crippen LogP contribution < -0.4 is 0 Å². The van der Waals surface area contributed by atoms with Crippen LogP contribution in [0.1, 0.15) is 34.0 Å². The van der Waals surface area contributed by atoms with Gasteiger partial charge in [-0.3, -0.25) is 9.89 Å². The summed E-state index contributed by atoms with van der Waals surface area (Å²) in [6.45, 7) is 3.55. The quantitative estimate of drug-likeness (QED) is 0.914. The summed E-state index contributed by atoms with van der Waals surface area (Å²) < 4.78 is 9.38. The Kier molecular flexibility index (Phi) is 3.75. The van der Waals surface area contributed by atoms with Gasteiger partial charge in [-0.2, -0.15) is 5.10 Å². The van der Waals surface area contributed by atoms with E-state index in [1.807, 2.05) is 17.9 Å². The van der Waals surface area contributed by atoms with Gasteiger partial charge >= 0.3 is 0 Å². The summed E-state index contributed by atoms with van der Waals surface area (Å²) in [6, 6.07) is 1.73. The minimum Gasteiger partial charge on any atom is -0.377 e. The number of nitrogens with zero attached hydrogens (tertiary/aromatic N) is 4. The molecule has 20 heavy (non-hydrogen) atoms. The van der Waals surface area contributed by atoms with Crippen molar-refractivity contribution >= 4 is 17.4 Å². The number of ether oxygens (including phenoxy) is 1. The van der Waals surface area contributed by atoms with Gasteiger partial charge in [-0.25, -0.2) is 0 Å². The van der Waals surface area contributed by atoms with Crippen molar-refractivity contribution in [2.45, 2.75) is 19.4 Å². The Morgan fingerprint density at radius 2 is 2.55 bits per heavy atom. The number of morpholine rings is 1. The van der Waals surface area contributed by atoms with E-state index in [9.17, 15) is 4.79 Å². The number of hydrogen-bond acceptors (Lipinski definition) is 6. The highest BCUT2D eigenvalue weighted by Crippen LogP contribution is 2.26. The van der Waals surface area contributed by atoms with E-state index >= 15 is 0 Å². The molecule has 1 atom stereocenters. The van der Waals surface area contributed by atoms with E-state index in [0.29, 0.717) is 31.1 Å². The van der Waals surface area contributed by atoms with Crippen molar-refractivity contribution in [2.75, 3.05) is 19.8 Å². The van der Waals surface area contributed by atoms with Gasteiger partial charge in [0.25, 0.3) is 5.91 Å². The number of amides is 1. The molecule has 0 unspecified atom stereocenters. The van der Waals surface area contributed by atoms with E-state index < -0.39 is 0 Å². The summed E-state index contributed by atoms with van der Waals surface area (Å²) in [5.41, 5.74) is 1.64. The van der Waals surface area contributed by atoms with E-state index in [-0.39, 0.29) is 11.9 Å². The number of hydrogen-bond donors (Lipinski definition) is 1. The predicted octanol–water partition coefficient (Wildman–Crippen LogP) is 1.04. The first-order valence-electron chi connectivity index (χ1n) is 6.50. The average molecular weight is 293 g/mol. The first-order valence-corrected chi connectivity index (χ1v) is 7.27. The Morgan fingerprint density at radius 1 is 1.65 bits per heavy atom. The van der Waals surface area contributed by atoms with Crippen LogP contribution in [0.5, 0.6) is 0 Å². The molecule has 1 saturated heterocycles. The van der Waals surface area contributed by atoms with Crippen molar-refractivity contribution < 1.29 is 9.53 Å². The highest BCUT2D eigenvalue weighted by molar-refractivity contribution is 7.08. The Morgan fingerprint density at radius 3 is 3.30 bits per heavy atom. The third-order valence-corrected chi connectivity index (χ3v) is 4.11. The smallest absolute Gasteiger partial charge is 0.268 e. The minimum atomic E-state index is -0.134. The topological polar surface area (TPSA) is 84.0 Å². The fraction of sp³-hybridized carbons (Fsp3) is 0.500. The summed E-state index contributed by atoms with van der Waals surface area (Å²) in [6.07, 6.45) is 2.38. The lowest BCUT2D eigenvalue weighted by atomic mass is 10.1. The van der Waals surface area contributed by atoms with Crippen LogP contribution in [-0.4, -0.2) is 50.3 Å². The lowest BCUT2D eigenvalue weighted by molar-refractivity contribution is -0.00371. The van der Waals surface area contributed by atoms with Gasteiger partial charge in [0.2, 0.25) is 0 Å². The molecule has 0 aromatic carbocycles. The molecule has 1 N–H and O–H groups in total. The summed E-state index contributed by atoms with van der Waals surface area (Å²) in [5, 5.41) is 10.9. The molecule has 2 aromatic heterocycles. The maximum Gasteiger partial charge on any atom is 0.268 e. The van der Waals surface area contributed by atoms with Crippen molar-refractivity contribution in [3.05, 3.63) is 28.5 Å².